The third-order valence-electron chi connectivity index (χ3n) is 8.04. The van der Waals surface area contributed by atoms with E-state index in [0.29, 0.717) is 18.3 Å². The summed E-state index contributed by atoms with van der Waals surface area (Å²) in [5.74, 6) is 0.734. The van der Waals surface area contributed by atoms with E-state index in [9.17, 15) is 19.8 Å². The molecule has 0 saturated heterocycles. The van der Waals surface area contributed by atoms with E-state index in [2.05, 4.69) is 13.8 Å². The molecule has 0 aromatic rings. The molecule has 0 radical (unpaired) electrons. The molecule has 4 aliphatic carbocycles. The zero-order valence-corrected chi connectivity index (χ0v) is 15.1. The predicted molar refractivity (Wildman–Crippen MR) is 93.6 cm³/mol. The van der Waals surface area contributed by atoms with Crippen molar-refractivity contribution in [1.82, 2.24) is 0 Å². The second kappa shape index (κ2) is 5.62. The molecular formula is C21H28O4. The number of fused-ring (bicyclic) bond motifs is 5. The lowest BCUT2D eigenvalue weighted by Crippen LogP contribution is -2.56. The maximum absolute atomic E-state index is 12.3. The Kier molecular flexibility index (Phi) is 3.86. The van der Waals surface area contributed by atoms with E-state index >= 15 is 0 Å². The maximum Gasteiger partial charge on any atom is 0.178 e. The van der Waals surface area contributed by atoms with Crippen molar-refractivity contribution in [2.75, 3.05) is 6.61 Å². The minimum atomic E-state index is -0.482. The van der Waals surface area contributed by atoms with E-state index in [4.69, 9.17) is 0 Å². The van der Waals surface area contributed by atoms with Gasteiger partial charge in [0, 0.05) is 17.3 Å². The molecule has 7 atom stereocenters. The van der Waals surface area contributed by atoms with Crippen LogP contribution in [0.5, 0.6) is 0 Å². The van der Waals surface area contributed by atoms with Gasteiger partial charge in [-0.1, -0.05) is 25.5 Å². The van der Waals surface area contributed by atoms with Gasteiger partial charge in [0.1, 0.15) is 6.61 Å². The molecule has 0 heterocycles. The van der Waals surface area contributed by atoms with E-state index < -0.39 is 12.7 Å². The SMILES string of the molecule is C[C@]12C=CC(=O)C=C1CCC1C2[C@@H](O)C[C@@]2(C)C1CC[C@@H]2C(=O)CO. The fraction of sp³-hybridized carbons (Fsp3) is 0.714. The number of allylic oxidation sites excluding steroid dienone is 4. The highest BCUT2D eigenvalue weighted by Crippen LogP contribution is 2.65. The van der Waals surface area contributed by atoms with Gasteiger partial charge in [-0.3, -0.25) is 9.59 Å². The van der Waals surface area contributed by atoms with Crippen LogP contribution in [0.15, 0.2) is 23.8 Å². The van der Waals surface area contributed by atoms with Crippen molar-refractivity contribution < 1.29 is 19.8 Å². The topological polar surface area (TPSA) is 74.6 Å². The van der Waals surface area contributed by atoms with Crippen LogP contribution in [0.1, 0.15) is 46.0 Å². The molecule has 3 fully saturated rings. The van der Waals surface area contributed by atoms with Crippen LogP contribution in [-0.4, -0.2) is 34.5 Å². The first-order valence-corrected chi connectivity index (χ1v) is 9.57. The van der Waals surface area contributed by atoms with Crippen molar-refractivity contribution in [1.29, 1.82) is 0 Å². The summed E-state index contributed by atoms with van der Waals surface area (Å²) in [4.78, 5) is 24.1. The van der Waals surface area contributed by atoms with Gasteiger partial charge in [-0.15, -0.1) is 0 Å². The standard InChI is InChI=1S/C21H28O4/c1-20-8-7-13(23)9-12(20)3-4-14-15-5-6-16(18(25)11-22)21(15,2)10-17(24)19(14)20/h7-9,14-17,19,22,24H,3-6,10-11H2,1-2H3/t14?,15?,16-,17+,19?,20+,21+/m1/s1. The predicted octanol–water partition coefficient (Wildman–Crippen LogP) is 2.44. The minimum Gasteiger partial charge on any atom is -0.393 e. The number of hydrogen-bond acceptors (Lipinski definition) is 4. The van der Waals surface area contributed by atoms with Gasteiger partial charge in [0.15, 0.2) is 11.6 Å². The van der Waals surface area contributed by atoms with E-state index in [1.165, 1.54) is 0 Å². The van der Waals surface area contributed by atoms with Gasteiger partial charge in [-0.25, -0.2) is 0 Å². The molecule has 0 aromatic heterocycles. The van der Waals surface area contributed by atoms with Gasteiger partial charge in [-0.05, 0) is 61.5 Å². The van der Waals surface area contributed by atoms with Gasteiger partial charge in [0.2, 0.25) is 0 Å². The van der Waals surface area contributed by atoms with Gasteiger partial charge in [0.05, 0.1) is 6.10 Å². The molecule has 136 valence electrons. The average molecular weight is 344 g/mol. The summed E-state index contributed by atoms with van der Waals surface area (Å²) in [6.45, 7) is 3.92. The quantitative estimate of drug-likeness (QED) is 0.807. The van der Waals surface area contributed by atoms with Crippen LogP contribution in [0.25, 0.3) is 0 Å². The van der Waals surface area contributed by atoms with Gasteiger partial charge < -0.3 is 10.2 Å². The Morgan fingerprint density at radius 3 is 2.76 bits per heavy atom. The lowest BCUT2D eigenvalue weighted by atomic mass is 9.46. The molecule has 25 heavy (non-hydrogen) atoms. The monoisotopic (exact) mass is 344 g/mol. The maximum atomic E-state index is 12.3. The summed E-state index contributed by atoms with van der Waals surface area (Å²) in [5, 5.41) is 20.5. The largest absolute Gasteiger partial charge is 0.393 e. The highest BCUT2D eigenvalue weighted by atomic mass is 16.3. The highest BCUT2D eigenvalue weighted by molar-refractivity contribution is 6.01. The second-order valence-electron chi connectivity index (χ2n) is 9.05. The minimum absolute atomic E-state index is 0.0514. The van der Waals surface area contributed by atoms with Crippen LogP contribution in [-0.2, 0) is 9.59 Å². The Balaban J connectivity index is 1.71. The normalized spacial score (nSPS) is 48.4. The lowest BCUT2D eigenvalue weighted by molar-refractivity contribution is -0.141. The van der Waals surface area contributed by atoms with Crippen LogP contribution in [0.2, 0.25) is 0 Å². The first-order valence-electron chi connectivity index (χ1n) is 9.57. The number of aliphatic hydroxyl groups excluding tert-OH is 2. The van der Waals surface area contributed by atoms with Gasteiger partial charge in [0.25, 0.3) is 0 Å². The van der Waals surface area contributed by atoms with Crippen molar-refractivity contribution in [2.45, 2.75) is 52.1 Å². The fourth-order valence-corrected chi connectivity index (χ4v) is 6.96. The van der Waals surface area contributed by atoms with E-state index in [-0.39, 0.29) is 34.2 Å². The third kappa shape index (κ3) is 2.26. The summed E-state index contributed by atoms with van der Waals surface area (Å²) in [7, 11) is 0. The van der Waals surface area contributed by atoms with E-state index in [0.717, 1.165) is 31.3 Å². The second-order valence-corrected chi connectivity index (χ2v) is 9.05. The van der Waals surface area contributed by atoms with E-state index in [1.54, 1.807) is 12.2 Å². The zero-order chi connectivity index (χ0) is 18.0. The molecule has 4 aliphatic rings. The van der Waals surface area contributed by atoms with Gasteiger partial charge >= 0.3 is 0 Å². The number of rotatable bonds is 2. The Morgan fingerprint density at radius 2 is 2.04 bits per heavy atom. The van der Waals surface area contributed by atoms with Crippen LogP contribution < -0.4 is 0 Å². The molecule has 0 bridgehead atoms. The Hall–Kier alpha value is -1.26. The summed E-state index contributed by atoms with van der Waals surface area (Å²) >= 11 is 0. The molecule has 4 heteroatoms. The first-order chi connectivity index (χ1) is 11.8. The molecule has 3 unspecified atom stereocenters. The van der Waals surface area contributed by atoms with E-state index in [1.807, 2.05) is 6.08 Å². The van der Waals surface area contributed by atoms with Crippen molar-refractivity contribution in [2.24, 2.45) is 34.5 Å². The van der Waals surface area contributed by atoms with Crippen LogP contribution >= 0.6 is 0 Å². The Bertz CT molecular complexity index is 677. The van der Waals surface area contributed by atoms with Crippen LogP contribution in [0.4, 0.5) is 0 Å². The number of hydrogen-bond donors (Lipinski definition) is 2. The van der Waals surface area contributed by atoms with Crippen molar-refractivity contribution in [3.8, 4) is 0 Å². The Morgan fingerprint density at radius 1 is 1.28 bits per heavy atom. The van der Waals surface area contributed by atoms with Crippen molar-refractivity contribution >= 4 is 11.6 Å². The number of ketones is 2. The number of aliphatic hydroxyl groups is 2. The molecule has 0 aromatic carbocycles. The zero-order valence-electron chi connectivity index (χ0n) is 15.1. The lowest BCUT2D eigenvalue weighted by Gasteiger charge is -2.58. The molecule has 3 saturated carbocycles. The number of carbonyl (C=O) groups is 2. The average Bonchev–Trinajstić information content (AvgIpc) is 2.91. The molecule has 4 rings (SSSR count). The van der Waals surface area contributed by atoms with Gasteiger partial charge in [-0.2, -0.15) is 0 Å². The smallest absolute Gasteiger partial charge is 0.178 e. The number of carbonyl (C=O) groups excluding carboxylic acids is 2. The van der Waals surface area contributed by atoms with Crippen LogP contribution in [0.3, 0.4) is 0 Å². The van der Waals surface area contributed by atoms with Crippen molar-refractivity contribution in [3.05, 3.63) is 23.8 Å². The molecule has 0 amide bonds. The summed E-state index contributed by atoms with van der Waals surface area (Å²) < 4.78 is 0. The molecular weight excluding hydrogens is 316 g/mol. The fourth-order valence-electron chi connectivity index (χ4n) is 6.96. The summed E-state index contributed by atoms with van der Waals surface area (Å²) in [6.07, 6.45) is 9.25. The molecule has 0 spiro atoms. The van der Waals surface area contributed by atoms with Crippen molar-refractivity contribution in [3.63, 3.8) is 0 Å². The Labute approximate surface area is 149 Å². The summed E-state index contributed by atoms with van der Waals surface area (Å²) in [5.41, 5.74) is 0.688. The first kappa shape index (κ1) is 17.2. The highest BCUT2D eigenvalue weighted by Gasteiger charge is 2.62. The molecule has 2 N–H and O–H groups in total. The third-order valence-corrected chi connectivity index (χ3v) is 8.04. The number of Topliss-reactive ketones (excluding diaryl/α,β-unsaturated/α-hetero) is 1. The molecule has 0 aliphatic heterocycles. The van der Waals surface area contributed by atoms with Crippen LogP contribution in [0, 0.1) is 34.5 Å². The molecule has 4 nitrogen and oxygen atoms in total. The summed E-state index contributed by atoms with van der Waals surface area (Å²) in [6, 6.07) is 0.